The van der Waals surface area contributed by atoms with Crippen LogP contribution in [0.15, 0.2) is 10.6 Å². The zero-order chi connectivity index (χ0) is 20.1. The van der Waals surface area contributed by atoms with Gasteiger partial charge in [-0.25, -0.2) is 4.98 Å². The highest BCUT2D eigenvalue weighted by atomic mass is 19.4. The molecule has 2 heterocycles. The smallest absolute Gasteiger partial charge is 0.356 e. The van der Waals surface area contributed by atoms with Crippen molar-refractivity contribution in [3.8, 4) is 11.3 Å². The van der Waals surface area contributed by atoms with Crippen molar-refractivity contribution in [2.45, 2.75) is 38.5 Å². The Labute approximate surface area is 139 Å². The maximum absolute atomic E-state index is 14.0. The number of hydrogen-bond donors (Lipinski definition) is 0. The number of aryl methyl sites for hydroxylation is 2. The van der Waals surface area contributed by atoms with Gasteiger partial charge in [0.25, 0.3) is 0 Å². The van der Waals surface area contributed by atoms with Gasteiger partial charge in [-0.05, 0) is 13.3 Å². The summed E-state index contributed by atoms with van der Waals surface area (Å²) >= 11 is 0. The summed E-state index contributed by atoms with van der Waals surface area (Å²) in [5.41, 5.74) is -7.45. The fourth-order valence-corrected chi connectivity index (χ4v) is 2.32. The third kappa shape index (κ3) is 3.23. The van der Waals surface area contributed by atoms with Crippen molar-refractivity contribution in [2.24, 2.45) is 0 Å². The van der Waals surface area contributed by atoms with Crippen molar-refractivity contribution in [3.05, 3.63) is 34.5 Å². The van der Waals surface area contributed by atoms with Gasteiger partial charge < -0.3 is 4.52 Å². The van der Waals surface area contributed by atoms with Crippen LogP contribution in [0.25, 0.3) is 11.3 Å². The van der Waals surface area contributed by atoms with Crippen LogP contribution in [0.3, 0.4) is 0 Å². The molecule has 0 aliphatic carbocycles. The van der Waals surface area contributed by atoms with Gasteiger partial charge in [0, 0.05) is 6.07 Å². The van der Waals surface area contributed by atoms with Gasteiger partial charge in [0.2, 0.25) is 5.95 Å². The number of rotatable bonds is 3. The largest absolute Gasteiger partial charge is 0.458 e. The van der Waals surface area contributed by atoms with E-state index in [9.17, 15) is 39.5 Å². The molecule has 0 fully saturated rings. The van der Waals surface area contributed by atoms with Gasteiger partial charge in [0.1, 0.15) is 5.56 Å². The van der Waals surface area contributed by atoms with Crippen molar-refractivity contribution in [2.75, 3.05) is 0 Å². The van der Waals surface area contributed by atoms with E-state index in [1.807, 2.05) is 0 Å². The summed E-state index contributed by atoms with van der Waals surface area (Å²) in [6.45, 7) is 2.46. The Bertz CT molecular complexity index is 821. The molecule has 0 unspecified atom stereocenters. The first-order chi connectivity index (χ1) is 11.7. The summed E-state index contributed by atoms with van der Waals surface area (Å²) in [7, 11) is 0. The van der Waals surface area contributed by atoms with E-state index < -0.39 is 58.8 Å². The number of alkyl halides is 8. The standard InChI is InChI=1S/C14H9F9N2O/c1-3-6-8(7-4-5(2)25-26-7)9(12(16,17)14(21,22)23)10(11(15)24-6)13(18,19)20/h4H,3H2,1-2H3. The number of hydrogen-bond acceptors (Lipinski definition) is 3. The Hall–Kier alpha value is -2.27. The van der Waals surface area contributed by atoms with Crippen LogP contribution in [-0.4, -0.2) is 16.3 Å². The predicted octanol–water partition coefficient (Wildman–Crippen LogP) is 5.42. The third-order valence-electron chi connectivity index (χ3n) is 3.39. The van der Waals surface area contributed by atoms with Crippen LogP contribution in [0.2, 0.25) is 0 Å². The van der Waals surface area contributed by atoms with Crippen molar-refractivity contribution in [1.82, 2.24) is 10.1 Å². The second kappa shape index (κ2) is 6.16. The predicted molar refractivity (Wildman–Crippen MR) is 68.8 cm³/mol. The second-order valence-corrected chi connectivity index (χ2v) is 5.23. The average Bonchev–Trinajstić information content (AvgIpc) is 2.89. The van der Waals surface area contributed by atoms with Crippen molar-refractivity contribution < 1.29 is 44.0 Å². The first kappa shape index (κ1) is 20.0. The molecule has 0 N–H and O–H groups in total. The first-order valence-corrected chi connectivity index (χ1v) is 6.90. The number of halogens is 9. The van der Waals surface area contributed by atoms with Crippen LogP contribution in [0.4, 0.5) is 39.5 Å². The summed E-state index contributed by atoms with van der Waals surface area (Å²) in [5.74, 6) is -9.31. The van der Waals surface area contributed by atoms with Crippen LogP contribution in [0, 0.1) is 12.9 Å². The maximum atomic E-state index is 14.0. The van der Waals surface area contributed by atoms with Crippen molar-refractivity contribution in [3.63, 3.8) is 0 Å². The molecule has 0 aliphatic heterocycles. The zero-order valence-corrected chi connectivity index (χ0v) is 13.0. The van der Waals surface area contributed by atoms with E-state index in [4.69, 9.17) is 0 Å². The van der Waals surface area contributed by atoms with Gasteiger partial charge in [-0.15, -0.1) is 0 Å². The fourth-order valence-electron chi connectivity index (χ4n) is 2.32. The van der Waals surface area contributed by atoms with E-state index in [0.717, 1.165) is 6.07 Å². The minimum absolute atomic E-state index is 0.00112. The highest BCUT2D eigenvalue weighted by molar-refractivity contribution is 5.68. The van der Waals surface area contributed by atoms with E-state index in [1.54, 1.807) is 0 Å². The normalized spacial score (nSPS) is 13.3. The molecule has 0 saturated carbocycles. The highest BCUT2D eigenvalue weighted by Gasteiger charge is 2.63. The van der Waals surface area contributed by atoms with Crippen LogP contribution >= 0.6 is 0 Å². The molecule has 0 aromatic carbocycles. The van der Waals surface area contributed by atoms with Crippen LogP contribution in [0.5, 0.6) is 0 Å². The molecule has 0 radical (unpaired) electrons. The Kier molecular flexibility index (Phi) is 4.75. The lowest BCUT2D eigenvalue weighted by Crippen LogP contribution is -2.37. The SMILES string of the molecule is CCc1nc(F)c(C(F)(F)F)c(C(F)(F)C(F)(F)F)c1-c1cc(C)no1. The monoisotopic (exact) mass is 392 g/mol. The van der Waals surface area contributed by atoms with Crippen LogP contribution in [0.1, 0.15) is 29.4 Å². The molecule has 0 bridgehead atoms. The molecule has 0 aliphatic rings. The molecule has 12 heteroatoms. The van der Waals surface area contributed by atoms with Gasteiger partial charge >= 0.3 is 18.3 Å². The molecule has 0 saturated heterocycles. The lowest BCUT2D eigenvalue weighted by Gasteiger charge is -2.26. The molecule has 2 rings (SSSR count). The quantitative estimate of drug-likeness (QED) is 0.517. The Balaban J connectivity index is 3.07. The van der Waals surface area contributed by atoms with Crippen molar-refractivity contribution >= 4 is 0 Å². The van der Waals surface area contributed by atoms with Gasteiger partial charge in [0.05, 0.1) is 22.5 Å². The molecule has 26 heavy (non-hydrogen) atoms. The van der Waals surface area contributed by atoms with E-state index >= 15 is 0 Å². The Morgan fingerprint density at radius 3 is 1.96 bits per heavy atom. The minimum atomic E-state index is -6.42. The Morgan fingerprint density at radius 2 is 1.58 bits per heavy atom. The molecule has 144 valence electrons. The number of nitrogens with zero attached hydrogens (tertiary/aromatic N) is 2. The molecule has 3 nitrogen and oxygen atoms in total. The molecular weight excluding hydrogens is 383 g/mol. The van der Waals surface area contributed by atoms with Gasteiger partial charge in [-0.2, -0.15) is 39.5 Å². The second-order valence-electron chi connectivity index (χ2n) is 5.23. The van der Waals surface area contributed by atoms with E-state index in [2.05, 4.69) is 14.7 Å². The van der Waals surface area contributed by atoms with E-state index in [0.29, 0.717) is 0 Å². The highest BCUT2D eigenvalue weighted by Crippen LogP contribution is 2.52. The fraction of sp³-hybridized carbons (Fsp3) is 0.429. The van der Waals surface area contributed by atoms with Crippen LogP contribution in [-0.2, 0) is 18.5 Å². The lowest BCUT2D eigenvalue weighted by molar-refractivity contribution is -0.291. The van der Waals surface area contributed by atoms with Crippen molar-refractivity contribution in [1.29, 1.82) is 0 Å². The molecule has 0 spiro atoms. The maximum Gasteiger partial charge on any atom is 0.458 e. The lowest BCUT2D eigenvalue weighted by atomic mass is 9.92. The summed E-state index contributed by atoms with van der Waals surface area (Å²) in [5, 5.41) is 3.26. The molecule has 2 aromatic heterocycles. The molecule has 0 atom stereocenters. The minimum Gasteiger partial charge on any atom is -0.356 e. The zero-order valence-electron chi connectivity index (χ0n) is 13.0. The van der Waals surface area contributed by atoms with E-state index in [1.165, 1.54) is 13.8 Å². The third-order valence-corrected chi connectivity index (χ3v) is 3.39. The number of pyridine rings is 1. The van der Waals surface area contributed by atoms with Crippen LogP contribution < -0.4 is 0 Å². The summed E-state index contributed by atoms with van der Waals surface area (Å²) in [6.07, 6.45) is -12.7. The molecular formula is C14H9F9N2O. The van der Waals surface area contributed by atoms with Gasteiger partial charge in [0.15, 0.2) is 5.76 Å². The topological polar surface area (TPSA) is 38.9 Å². The molecule has 2 aromatic rings. The summed E-state index contributed by atoms with van der Waals surface area (Å²) in [6, 6.07) is 0.851. The van der Waals surface area contributed by atoms with Gasteiger partial charge in [-0.1, -0.05) is 12.1 Å². The van der Waals surface area contributed by atoms with E-state index in [-0.39, 0.29) is 5.69 Å². The molecule has 0 amide bonds. The average molecular weight is 392 g/mol. The first-order valence-electron chi connectivity index (χ1n) is 6.90. The van der Waals surface area contributed by atoms with Gasteiger partial charge in [-0.3, -0.25) is 0 Å². The summed E-state index contributed by atoms with van der Waals surface area (Å²) < 4.78 is 124. The number of aromatic nitrogens is 2. The summed E-state index contributed by atoms with van der Waals surface area (Å²) in [4.78, 5) is 2.92. The Morgan fingerprint density at radius 1 is 1.00 bits per heavy atom.